The van der Waals surface area contributed by atoms with Gasteiger partial charge in [0.15, 0.2) is 0 Å². The highest BCUT2D eigenvalue weighted by Crippen LogP contribution is 2.25. The fourth-order valence-electron chi connectivity index (χ4n) is 4.12. The van der Waals surface area contributed by atoms with Gasteiger partial charge in [-0.2, -0.15) is 5.10 Å². The molecule has 1 aromatic heterocycles. The number of fused-ring (bicyclic) bond motifs is 1. The lowest BCUT2D eigenvalue weighted by atomic mass is 9.99. The number of anilines is 1. The second kappa shape index (κ2) is 10.8. The molecule has 0 aliphatic rings. The van der Waals surface area contributed by atoms with Crippen molar-refractivity contribution in [3.63, 3.8) is 0 Å². The first-order chi connectivity index (χ1) is 16.6. The van der Waals surface area contributed by atoms with Crippen LogP contribution in [0.4, 0.5) is 5.69 Å². The van der Waals surface area contributed by atoms with E-state index in [1.54, 1.807) is 18.0 Å². The van der Waals surface area contributed by atoms with Crippen molar-refractivity contribution in [2.45, 2.75) is 26.8 Å². The van der Waals surface area contributed by atoms with Crippen LogP contribution in [0.3, 0.4) is 0 Å². The largest absolute Gasteiger partial charge is 0.465 e. The Kier molecular flexibility index (Phi) is 7.38. The summed E-state index contributed by atoms with van der Waals surface area (Å²) in [5.74, 6) is -1.73. The lowest BCUT2D eigenvalue weighted by molar-refractivity contribution is -0.151. The number of ether oxygens (including phenoxy) is 1. The minimum absolute atomic E-state index is 0.220. The molecule has 174 valence electrons. The Morgan fingerprint density at radius 1 is 0.941 bits per heavy atom. The first kappa shape index (κ1) is 23.2. The number of benzene rings is 3. The Balaban J connectivity index is 1.57. The summed E-state index contributed by atoms with van der Waals surface area (Å²) in [5, 5.41) is 6.57. The van der Waals surface area contributed by atoms with E-state index >= 15 is 0 Å². The normalized spacial score (nSPS) is 11.8. The molecule has 3 aromatic carbocycles. The van der Waals surface area contributed by atoms with E-state index in [9.17, 15) is 9.59 Å². The van der Waals surface area contributed by atoms with Crippen LogP contribution in [-0.4, -0.2) is 34.8 Å². The second-order valence-corrected chi connectivity index (χ2v) is 8.15. The lowest BCUT2D eigenvalue weighted by Gasteiger charge is -2.25. The highest BCUT2D eigenvalue weighted by Gasteiger charge is 2.33. The molecule has 0 bridgehead atoms. The number of amides is 1. The van der Waals surface area contributed by atoms with Crippen LogP contribution in [0.25, 0.3) is 10.8 Å². The molecule has 34 heavy (non-hydrogen) atoms. The Labute approximate surface area is 199 Å². The maximum absolute atomic E-state index is 13.6. The van der Waals surface area contributed by atoms with Crippen LogP contribution in [-0.2, 0) is 27.3 Å². The van der Waals surface area contributed by atoms with E-state index < -0.39 is 11.9 Å². The van der Waals surface area contributed by atoms with Crippen molar-refractivity contribution < 1.29 is 14.3 Å². The molecule has 0 saturated carbocycles. The third-order valence-electron chi connectivity index (χ3n) is 5.81. The minimum Gasteiger partial charge on any atom is -0.465 e. The first-order valence-electron chi connectivity index (χ1n) is 11.6. The second-order valence-electron chi connectivity index (χ2n) is 8.15. The van der Waals surface area contributed by atoms with Crippen molar-refractivity contribution >= 4 is 28.3 Å². The minimum atomic E-state index is -0.944. The molecule has 0 radical (unpaired) electrons. The molecule has 0 fully saturated rings. The van der Waals surface area contributed by atoms with E-state index in [0.717, 1.165) is 27.6 Å². The molecule has 6 nitrogen and oxygen atoms in total. The van der Waals surface area contributed by atoms with Crippen LogP contribution in [0.2, 0.25) is 0 Å². The Hall–Kier alpha value is -3.93. The molecule has 0 N–H and O–H groups in total. The molecule has 4 aromatic rings. The maximum Gasteiger partial charge on any atom is 0.318 e. The van der Waals surface area contributed by atoms with E-state index in [1.165, 1.54) is 0 Å². The Bertz CT molecular complexity index is 1270. The third kappa shape index (κ3) is 5.34. The number of carbonyl (C=O) groups excluding carboxylic acids is 2. The smallest absolute Gasteiger partial charge is 0.318 e. The number of nitrogens with zero attached hydrogens (tertiary/aromatic N) is 3. The zero-order valence-corrected chi connectivity index (χ0v) is 19.6. The van der Waals surface area contributed by atoms with Gasteiger partial charge >= 0.3 is 5.97 Å². The van der Waals surface area contributed by atoms with Crippen molar-refractivity contribution in [1.29, 1.82) is 0 Å². The summed E-state index contributed by atoms with van der Waals surface area (Å²) in [6.45, 7) is 4.95. The van der Waals surface area contributed by atoms with Crippen LogP contribution >= 0.6 is 0 Å². The average molecular weight is 456 g/mol. The predicted molar refractivity (Wildman–Crippen MR) is 134 cm³/mol. The molecule has 4 rings (SSSR count). The summed E-state index contributed by atoms with van der Waals surface area (Å²) in [6, 6.07) is 23.9. The van der Waals surface area contributed by atoms with Crippen molar-refractivity contribution in [3.05, 3.63) is 96.3 Å². The predicted octanol–water partition coefficient (Wildman–Crippen LogP) is 4.86. The summed E-state index contributed by atoms with van der Waals surface area (Å²) >= 11 is 0. The quantitative estimate of drug-likeness (QED) is 0.267. The number of aromatic nitrogens is 2. The van der Waals surface area contributed by atoms with E-state index in [4.69, 9.17) is 4.74 Å². The van der Waals surface area contributed by atoms with Crippen LogP contribution in [0.1, 0.15) is 25.0 Å². The topological polar surface area (TPSA) is 64.4 Å². The fraction of sp³-hybridized carbons (Fsp3) is 0.250. The summed E-state index contributed by atoms with van der Waals surface area (Å²) in [4.78, 5) is 28.1. The monoisotopic (exact) mass is 455 g/mol. The van der Waals surface area contributed by atoms with Gasteiger partial charge in [0, 0.05) is 18.4 Å². The highest BCUT2D eigenvalue weighted by atomic mass is 16.5. The Morgan fingerprint density at radius 2 is 1.68 bits per heavy atom. The summed E-state index contributed by atoms with van der Waals surface area (Å²) in [6.07, 6.45) is 3.84. The van der Waals surface area contributed by atoms with Gasteiger partial charge in [0.1, 0.15) is 5.92 Å². The van der Waals surface area contributed by atoms with Crippen LogP contribution < -0.4 is 4.90 Å². The molecule has 0 aliphatic heterocycles. The zero-order valence-electron chi connectivity index (χ0n) is 19.6. The van der Waals surface area contributed by atoms with Gasteiger partial charge in [0.05, 0.1) is 19.3 Å². The summed E-state index contributed by atoms with van der Waals surface area (Å²) in [7, 11) is 0. The Morgan fingerprint density at radius 3 is 2.41 bits per heavy atom. The van der Waals surface area contributed by atoms with Gasteiger partial charge in [0.2, 0.25) is 5.91 Å². The van der Waals surface area contributed by atoms with Gasteiger partial charge in [-0.05, 0) is 54.3 Å². The number of esters is 1. The molecule has 0 spiro atoms. The van der Waals surface area contributed by atoms with Crippen LogP contribution in [0.5, 0.6) is 0 Å². The van der Waals surface area contributed by atoms with E-state index in [2.05, 4.69) is 5.10 Å². The molecular weight excluding hydrogens is 426 g/mol. The number of rotatable bonds is 9. The number of hydrogen-bond acceptors (Lipinski definition) is 4. The van der Waals surface area contributed by atoms with Crippen molar-refractivity contribution in [3.8, 4) is 0 Å². The van der Waals surface area contributed by atoms with Crippen LogP contribution in [0.15, 0.2) is 85.2 Å². The van der Waals surface area contributed by atoms with Crippen LogP contribution in [0, 0.1) is 5.92 Å². The highest BCUT2D eigenvalue weighted by molar-refractivity contribution is 6.07. The number of carbonyl (C=O) groups is 2. The van der Waals surface area contributed by atoms with E-state index in [-0.39, 0.29) is 18.9 Å². The van der Waals surface area contributed by atoms with Gasteiger partial charge in [-0.3, -0.25) is 14.3 Å². The number of hydrogen-bond donors (Lipinski definition) is 0. The zero-order chi connectivity index (χ0) is 23.9. The third-order valence-corrected chi connectivity index (χ3v) is 5.81. The van der Waals surface area contributed by atoms with Gasteiger partial charge in [-0.1, -0.05) is 60.7 Å². The molecule has 1 amide bonds. The van der Waals surface area contributed by atoms with E-state index in [1.807, 2.05) is 90.6 Å². The molecule has 1 heterocycles. The first-order valence-corrected chi connectivity index (χ1v) is 11.6. The molecule has 0 saturated heterocycles. The van der Waals surface area contributed by atoms with E-state index in [0.29, 0.717) is 13.1 Å². The van der Waals surface area contributed by atoms with Crippen molar-refractivity contribution in [2.24, 2.45) is 5.92 Å². The van der Waals surface area contributed by atoms with Crippen molar-refractivity contribution in [2.75, 3.05) is 18.1 Å². The van der Waals surface area contributed by atoms with Gasteiger partial charge < -0.3 is 9.64 Å². The van der Waals surface area contributed by atoms with Crippen molar-refractivity contribution in [1.82, 2.24) is 9.78 Å². The molecule has 1 atom stereocenters. The fourth-order valence-corrected chi connectivity index (χ4v) is 4.12. The summed E-state index contributed by atoms with van der Waals surface area (Å²) < 4.78 is 7.10. The van der Waals surface area contributed by atoms with Gasteiger partial charge in [-0.25, -0.2) is 0 Å². The average Bonchev–Trinajstić information content (AvgIpc) is 3.30. The molecule has 0 aliphatic carbocycles. The lowest BCUT2D eigenvalue weighted by Crippen LogP contribution is -2.41. The van der Waals surface area contributed by atoms with Gasteiger partial charge in [0.25, 0.3) is 0 Å². The SMILES string of the molecule is CCOC(=O)C(Cc1cnn(Cc2ccccc2)c1)C(=O)N(CC)c1ccc2ccccc2c1. The maximum atomic E-state index is 13.6. The molecule has 1 unspecified atom stereocenters. The standard InChI is InChI=1S/C28H29N3O3/c1-3-31(25-15-14-23-12-8-9-13-24(23)17-25)27(32)26(28(33)34-4-2)16-22-18-29-30(20-22)19-21-10-6-5-7-11-21/h5-15,17-18,20,26H,3-4,16,19H2,1-2H3. The van der Waals surface area contributed by atoms with Gasteiger partial charge in [-0.15, -0.1) is 0 Å². The molecular formula is C28H29N3O3. The summed E-state index contributed by atoms with van der Waals surface area (Å²) in [5.41, 5.74) is 2.71. The molecule has 6 heteroatoms.